The molecule has 0 radical (unpaired) electrons. The van der Waals surface area contributed by atoms with Gasteiger partial charge in [0.1, 0.15) is 16.8 Å². The Morgan fingerprint density at radius 1 is 1.29 bits per heavy atom. The third kappa shape index (κ3) is 7.81. The second-order valence-corrected chi connectivity index (χ2v) is 6.75. The quantitative estimate of drug-likeness (QED) is 0.688. The molecule has 0 aliphatic carbocycles. The number of aromatic nitrogens is 3. The van der Waals surface area contributed by atoms with Crippen LogP contribution in [0.1, 0.15) is 49.2 Å². The molecule has 1 atom stereocenters. The molecule has 150 valence electrons. The van der Waals surface area contributed by atoms with Gasteiger partial charge in [-0.2, -0.15) is 0 Å². The standard InChI is InChI=1S/C17H18N4O3S.C3H8/c1-2-7-14(25(18)24)10-6-11-21-15(19-16(20-21)17(22)23)12-13-8-4-3-5-9-13;1-3-2/h2-11H,12,18H2,1H3,(H,22,23);3H2,1-2H3/b7-2-,11-6+,14-10+;. The van der Waals surface area contributed by atoms with Crippen molar-refractivity contribution >= 4 is 23.2 Å². The summed E-state index contributed by atoms with van der Waals surface area (Å²) in [7, 11) is -1.62. The van der Waals surface area contributed by atoms with Gasteiger partial charge in [-0.1, -0.05) is 56.7 Å². The van der Waals surface area contributed by atoms with Crippen LogP contribution in [0.25, 0.3) is 6.20 Å². The van der Waals surface area contributed by atoms with Crippen molar-refractivity contribution < 1.29 is 14.1 Å². The molecule has 1 unspecified atom stereocenters. The Bertz CT molecular complexity index is 871. The number of hydrogen-bond acceptors (Lipinski definition) is 4. The molecule has 0 saturated carbocycles. The van der Waals surface area contributed by atoms with Crippen LogP contribution in [-0.2, 0) is 17.4 Å². The zero-order valence-electron chi connectivity index (χ0n) is 16.3. The fourth-order valence-electron chi connectivity index (χ4n) is 2.04. The van der Waals surface area contributed by atoms with Gasteiger partial charge in [0.15, 0.2) is 0 Å². The second-order valence-electron chi connectivity index (χ2n) is 5.68. The fraction of sp³-hybridized carbons (Fsp3) is 0.250. The molecular weight excluding hydrogens is 376 g/mol. The van der Waals surface area contributed by atoms with E-state index in [-0.39, 0.29) is 5.82 Å². The minimum Gasteiger partial charge on any atom is -0.475 e. The van der Waals surface area contributed by atoms with Crippen LogP contribution >= 0.6 is 0 Å². The van der Waals surface area contributed by atoms with Gasteiger partial charge in [0.2, 0.25) is 0 Å². The summed E-state index contributed by atoms with van der Waals surface area (Å²) in [5.74, 6) is -1.000. The summed E-state index contributed by atoms with van der Waals surface area (Å²) in [6.07, 6.45) is 9.76. The van der Waals surface area contributed by atoms with Crippen LogP contribution < -0.4 is 5.14 Å². The number of hydrogen-bond donors (Lipinski definition) is 2. The van der Waals surface area contributed by atoms with E-state index in [1.165, 1.54) is 11.1 Å². The van der Waals surface area contributed by atoms with Gasteiger partial charge >= 0.3 is 5.97 Å². The van der Waals surface area contributed by atoms with Gasteiger partial charge in [0.05, 0.1) is 4.91 Å². The molecule has 0 amide bonds. The van der Waals surface area contributed by atoms with E-state index in [2.05, 4.69) is 23.9 Å². The average molecular weight is 403 g/mol. The van der Waals surface area contributed by atoms with E-state index in [0.29, 0.717) is 17.2 Å². The van der Waals surface area contributed by atoms with Gasteiger partial charge in [0.25, 0.3) is 5.82 Å². The van der Waals surface area contributed by atoms with Gasteiger partial charge in [-0.25, -0.2) is 23.8 Å². The SMILES string of the molecule is CCC.C\C=C/C(=C\C=C\n1nc(C(=O)O)nc1Cc1ccccc1)S(N)=O. The first-order valence-electron chi connectivity index (χ1n) is 8.82. The van der Waals surface area contributed by atoms with Crippen molar-refractivity contribution in [3.05, 3.63) is 76.8 Å². The van der Waals surface area contributed by atoms with E-state index < -0.39 is 17.0 Å². The molecule has 1 aromatic carbocycles. The maximum atomic E-state index is 11.4. The van der Waals surface area contributed by atoms with E-state index in [0.717, 1.165) is 5.56 Å². The zero-order chi connectivity index (χ0) is 20.9. The Morgan fingerprint density at radius 2 is 1.93 bits per heavy atom. The maximum absolute atomic E-state index is 11.4. The van der Waals surface area contributed by atoms with Crippen molar-refractivity contribution in [2.24, 2.45) is 5.14 Å². The monoisotopic (exact) mass is 402 g/mol. The lowest BCUT2D eigenvalue weighted by Crippen LogP contribution is -2.03. The Balaban J connectivity index is 0.00000122. The number of aromatic carboxylic acids is 1. The van der Waals surface area contributed by atoms with Gasteiger partial charge < -0.3 is 5.11 Å². The fourth-order valence-corrected chi connectivity index (χ4v) is 2.52. The number of carbonyl (C=O) groups is 1. The van der Waals surface area contributed by atoms with Gasteiger partial charge in [0, 0.05) is 12.6 Å². The molecule has 0 bridgehead atoms. The summed E-state index contributed by atoms with van der Waals surface area (Å²) in [4.78, 5) is 15.6. The Morgan fingerprint density at radius 3 is 2.46 bits per heavy atom. The van der Waals surface area contributed by atoms with Crippen molar-refractivity contribution in [1.82, 2.24) is 14.8 Å². The summed E-state index contributed by atoms with van der Waals surface area (Å²) in [6.45, 7) is 6.04. The highest BCUT2D eigenvalue weighted by molar-refractivity contribution is 7.86. The van der Waals surface area contributed by atoms with Gasteiger partial charge in [-0.3, -0.25) is 0 Å². The number of nitrogens with zero attached hydrogens (tertiary/aromatic N) is 3. The molecule has 0 saturated heterocycles. The van der Waals surface area contributed by atoms with Crippen LogP contribution in [0.15, 0.2) is 59.5 Å². The molecule has 28 heavy (non-hydrogen) atoms. The van der Waals surface area contributed by atoms with E-state index in [4.69, 9.17) is 10.2 Å². The lowest BCUT2D eigenvalue weighted by molar-refractivity contribution is 0.0683. The molecule has 7 nitrogen and oxygen atoms in total. The highest BCUT2D eigenvalue weighted by atomic mass is 32.2. The van der Waals surface area contributed by atoms with Crippen LogP contribution in [0, 0.1) is 0 Å². The number of allylic oxidation sites excluding steroid dienone is 4. The first kappa shape index (κ1) is 23.2. The summed E-state index contributed by atoms with van der Waals surface area (Å²) in [5, 5.41) is 18.4. The largest absolute Gasteiger partial charge is 0.475 e. The smallest absolute Gasteiger partial charge is 0.375 e. The van der Waals surface area contributed by atoms with Gasteiger partial charge in [-0.05, 0) is 30.7 Å². The van der Waals surface area contributed by atoms with Crippen molar-refractivity contribution in [1.29, 1.82) is 0 Å². The Hall–Kier alpha value is -2.84. The first-order chi connectivity index (χ1) is 13.4. The lowest BCUT2D eigenvalue weighted by Gasteiger charge is -2.01. The van der Waals surface area contributed by atoms with Gasteiger partial charge in [-0.15, -0.1) is 5.10 Å². The minimum absolute atomic E-state index is 0.282. The summed E-state index contributed by atoms with van der Waals surface area (Å²) >= 11 is 0. The molecule has 0 aliphatic rings. The number of carboxylic acid groups (broad SMARTS) is 1. The number of benzene rings is 1. The van der Waals surface area contributed by atoms with Crippen LogP contribution in [0.2, 0.25) is 0 Å². The predicted octanol–water partition coefficient (Wildman–Crippen LogP) is 3.54. The molecule has 8 heteroatoms. The van der Waals surface area contributed by atoms with Crippen LogP contribution in [0.3, 0.4) is 0 Å². The number of nitrogens with two attached hydrogens (primary N) is 1. The van der Waals surface area contributed by atoms with Crippen molar-refractivity contribution in [3.8, 4) is 0 Å². The van der Waals surface area contributed by atoms with E-state index in [1.54, 1.807) is 37.4 Å². The summed E-state index contributed by atoms with van der Waals surface area (Å²) in [5.41, 5.74) is 0.981. The predicted molar refractivity (Wildman–Crippen MR) is 113 cm³/mol. The molecule has 0 spiro atoms. The Labute approximate surface area is 167 Å². The van der Waals surface area contributed by atoms with Crippen molar-refractivity contribution in [2.45, 2.75) is 33.6 Å². The van der Waals surface area contributed by atoms with Crippen molar-refractivity contribution in [2.75, 3.05) is 0 Å². The normalized spacial score (nSPS) is 12.8. The average Bonchev–Trinajstić information content (AvgIpc) is 3.05. The second kappa shape index (κ2) is 12.5. The summed E-state index contributed by atoms with van der Waals surface area (Å²) in [6, 6.07) is 9.53. The van der Waals surface area contributed by atoms with Crippen LogP contribution in [0.4, 0.5) is 0 Å². The molecule has 2 aromatic rings. The minimum atomic E-state index is -1.62. The third-order valence-electron chi connectivity index (χ3n) is 3.15. The molecule has 2 rings (SSSR count). The van der Waals surface area contributed by atoms with Crippen molar-refractivity contribution in [3.63, 3.8) is 0 Å². The third-order valence-corrected chi connectivity index (χ3v) is 3.89. The van der Waals surface area contributed by atoms with Crippen LogP contribution in [0.5, 0.6) is 0 Å². The molecule has 0 aliphatic heterocycles. The van der Waals surface area contributed by atoms with E-state index in [1.807, 2.05) is 30.3 Å². The lowest BCUT2D eigenvalue weighted by atomic mass is 10.1. The molecule has 1 heterocycles. The number of rotatable bonds is 7. The topological polar surface area (TPSA) is 111 Å². The highest BCUT2D eigenvalue weighted by Crippen LogP contribution is 2.09. The first-order valence-corrected chi connectivity index (χ1v) is 10.0. The van der Waals surface area contributed by atoms with E-state index >= 15 is 0 Å². The molecular formula is C20H26N4O3S. The zero-order valence-corrected chi connectivity index (χ0v) is 17.1. The highest BCUT2D eigenvalue weighted by Gasteiger charge is 2.14. The molecule has 0 fully saturated rings. The summed E-state index contributed by atoms with van der Waals surface area (Å²) < 4.78 is 12.8. The molecule has 1 aromatic heterocycles. The van der Waals surface area contributed by atoms with Crippen LogP contribution in [-0.4, -0.2) is 30.0 Å². The molecule has 3 N–H and O–H groups in total. The van der Waals surface area contributed by atoms with E-state index in [9.17, 15) is 9.00 Å². The number of carboxylic acids is 1. The maximum Gasteiger partial charge on any atom is 0.375 e. The Kier molecular flexibility index (Phi) is 10.4.